The Labute approximate surface area is 147 Å². The van der Waals surface area contributed by atoms with E-state index < -0.39 is 5.97 Å². The molecule has 0 radical (unpaired) electrons. The van der Waals surface area contributed by atoms with E-state index in [1.54, 1.807) is 6.07 Å². The monoisotopic (exact) mass is 338 g/mol. The molecule has 0 saturated carbocycles. The third kappa shape index (κ3) is 3.55. The SMILES string of the molecule is COC(=O)c1cc(C(=O)N2CCCC2c2cc(C)cc(C)c2)ccn1. The highest BCUT2D eigenvalue weighted by molar-refractivity contribution is 5.97. The minimum absolute atomic E-state index is 0.0702. The van der Waals surface area contributed by atoms with Crippen molar-refractivity contribution in [2.45, 2.75) is 32.7 Å². The van der Waals surface area contributed by atoms with E-state index in [0.717, 1.165) is 12.8 Å². The van der Waals surface area contributed by atoms with Crippen LogP contribution in [0.15, 0.2) is 36.5 Å². The van der Waals surface area contributed by atoms with E-state index in [9.17, 15) is 9.59 Å². The van der Waals surface area contributed by atoms with Crippen LogP contribution >= 0.6 is 0 Å². The molecule has 0 bridgehead atoms. The molecule has 3 rings (SSSR count). The van der Waals surface area contributed by atoms with Gasteiger partial charge in [0.2, 0.25) is 0 Å². The highest BCUT2D eigenvalue weighted by Crippen LogP contribution is 2.34. The normalized spacial score (nSPS) is 16.8. The van der Waals surface area contributed by atoms with Gasteiger partial charge >= 0.3 is 5.97 Å². The molecular weight excluding hydrogens is 316 g/mol. The Kier molecular flexibility index (Phi) is 4.83. The zero-order valence-electron chi connectivity index (χ0n) is 14.8. The molecule has 5 nitrogen and oxygen atoms in total. The van der Waals surface area contributed by atoms with Crippen LogP contribution in [-0.4, -0.2) is 35.4 Å². The molecule has 130 valence electrons. The molecule has 2 aromatic rings. The van der Waals surface area contributed by atoms with Crippen molar-refractivity contribution in [3.05, 3.63) is 64.5 Å². The Balaban J connectivity index is 1.89. The van der Waals surface area contributed by atoms with Crippen LogP contribution in [0.5, 0.6) is 0 Å². The molecule has 2 heterocycles. The number of ether oxygens (including phenoxy) is 1. The summed E-state index contributed by atoms with van der Waals surface area (Å²) < 4.78 is 4.69. The van der Waals surface area contributed by atoms with Crippen molar-refractivity contribution in [3.63, 3.8) is 0 Å². The zero-order chi connectivity index (χ0) is 18.0. The summed E-state index contributed by atoms with van der Waals surface area (Å²) >= 11 is 0. The van der Waals surface area contributed by atoms with Crippen LogP contribution in [0.25, 0.3) is 0 Å². The lowest BCUT2D eigenvalue weighted by Crippen LogP contribution is -2.30. The first-order chi connectivity index (χ1) is 12.0. The number of hydrogen-bond donors (Lipinski definition) is 0. The maximum absolute atomic E-state index is 13.0. The van der Waals surface area contributed by atoms with E-state index >= 15 is 0 Å². The van der Waals surface area contributed by atoms with Gasteiger partial charge < -0.3 is 9.64 Å². The predicted octanol–water partition coefficient (Wildman–Crippen LogP) is 3.46. The lowest BCUT2D eigenvalue weighted by molar-refractivity contribution is 0.0594. The van der Waals surface area contributed by atoms with Gasteiger partial charge in [0.1, 0.15) is 5.69 Å². The molecule has 1 atom stereocenters. The van der Waals surface area contributed by atoms with Gasteiger partial charge in [0.15, 0.2) is 0 Å². The standard InChI is InChI=1S/C20H22N2O3/c1-13-9-14(2)11-16(10-13)18-5-4-8-22(18)19(23)15-6-7-21-17(12-15)20(24)25-3/h6-7,9-12,18H,4-5,8H2,1-3H3. The first-order valence-corrected chi connectivity index (χ1v) is 8.43. The number of methoxy groups -OCH3 is 1. The fourth-order valence-electron chi connectivity index (χ4n) is 3.50. The van der Waals surface area contributed by atoms with Crippen molar-refractivity contribution in [1.29, 1.82) is 0 Å². The van der Waals surface area contributed by atoms with Crippen molar-refractivity contribution >= 4 is 11.9 Å². The average molecular weight is 338 g/mol. The molecule has 1 saturated heterocycles. The first-order valence-electron chi connectivity index (χ1n) is 8.43. The van der Waals surface area contributed by atoms with Gasteiger partial charge in [0, 0.05) is 18.3 Å². The number of likely N-dealkylation sites (tertiary alicyclic amines) is 1. The molecule has 1 amide bonds. The molecule has 5 heteroatoms. The lowest BCUT2D eigenvalue weighted by Gasteiger charge is -2.26. The van der Waals surface area contributed by atoms with E-state index in [1.807, 2.05) is 4.90 Å². The first kappa shape index (κ1) is 17.1. The third-order valence-electron chi connectivity index (χ3n) is 4.54. The van der Waals surface area contributed by atoms with Gasteiger partial charge in [-0.1, -0.05) is 29.3 Å². The second kappa shape index (κ2) is 7.05. The van der Waals surface area contributed by atoms with Crippen LogP contribution in [0.2, 0.25) is 0 Å². The fraction of sp³-hybridized carbons (Fsp3) is 0.350. The quantitative estimate of drug-likeness (QED) is 0.804. The number of aromatic nitrogens is 1. The van der Waals surface area contributed by atoms with Crippen molar-refractivity contribution in [1.82, 2.24) is 9.88 Å². The molecule has 1 fully saturated rings. The maximum Gasteiger partial charge on any atom is 0.356 e. The Morgan fingerprint density at radius 1 is 1.16 bits per heavy atom. The number of pyridine rings is 1. The summed E-state index contributed by atoms with van der Waals surface area (Å²) in [6.45, 7) is 4.86. The summed E-state index contributed by atoms with van der Waals surface area (Å²) in [5.74, 6) is -0.615. The highest BCUT2D eigenvalue weighted by atomic mass is 16.5. The molecular formula is C20H22N2O3. The van der Waals surface area contributed by atoms with Crippen LogP contribution in [0.4, 0.5) is 0 Å². The minimum Gasteiger partial charge on any atom is -0.464 e. The van der Waals surface area contributed by atoms with Gasteiger partial charge in [-0.2, -0.15) is 0 Å². The van der Waals surface area contributed by atoms with Crippen molar-refractivity contribution < 1.29 is 14.3 Å². The molecule has 1 unspecified atom stereocenters. The summed E-state index contributed by atoms with van der Waals surface area (Å²) in [4.78, 5) is 30.5. The van der Waals surface area contributed by atoms with Gasteiger partial charge in [-0.25, -0.2) is 9.78 Å². The van der Waals surface area contributed by atoms with E-state index in [-0.39, 0.29) is 17.6 Å². The summed E-state index contributed by atoms with van der Waals surface area (Å²) in [7, 11) is 1.30. The number of aryl methyl sites for hydroxylation is 2. The molecule has 25 heavy (non-hydrogen) atoms. The van der Waals surface area contributed by atoms with Crippen LogP contribution in [0, 0.1) is 13.8 Å². The summed E-state index contributed by atoms with van der Waals surface area (Å²) in [6.07, 6.45) is 3.39. The van der Waals surface area contributed by atoms with E-state index in [0.29, 0.717) is 12.1 Å². The van der Waals surface area contributed by atoms with E-state index in [1.165, 1.54) is 36.1 Å². The van der Waals surface area contributed by atoms with Crippen molar-refractivity contribution in [2.24, 2.45) is 0 Å². The molecule has 1 aromatic carbocycles. The number of hydrogen-bond acceptors (Lipinski definition) is 4. The summed E-state index contributed by atoms with van der Waals surface area (Å²) in [6, 6.07) is 9.65. The second-order valence-corrected chi connectivity index (χ2v) is 6.50. The summed E-state index contributed by atoms with van der Waals surface area (Å²) in [5, 5.41) is 0. The Morgan fingerprint density at radius 3 is 2.56 bits per heavy atom. The highest BCUT2D eigenvalue weighted by Gasteiger charge is 2.31. The Morgan fingerprint density at radius 2 is 1.88 bits per heavy atom. The third-order valence-corrected chi connectivity index (χ3v) is 4.54. The molecule has 0 N–H and O–H groups in total. The van der Waals surface area contributed by atoms with E-state index in [2.05, 4.69) is 41.8 Å². The number of nitrogens with zero attached hydrogens (tertiary/aromatic N) is 2. The van der Waals surface area contributed by atoms with Crippen LogP contribution in [-0.2, 0) is 4.74 Å². The number of carbonyl (C=O) groups is 2. The molecule has 0 aliphatic carbocycles. The fourth-order valence-corrected chi connectivity index (χ4v) is 3.50. The number of rotatable bonds is 3. The van der Waals surface area contributed by atoms with Gasteiger partial charge in [-0.3, -0.25) is 4.79 Å². The maximum atomic E-state index is 13.0. The molecule has 1 aliphatic rings. The summed E-state index contributed by atoms with van der Waals surface area (Å²) in [5.41, 5.74) is 4.19. The topological polar surface area (TPSA) is 59.5 Å². The van der Waals surface area contributed by atoms with Crippen molar-refractivity contribution in [2.75, 3.05) is 13.7 Å². The lowest BCUT2D eigenvalue weighted by atomic mass is 9.99. The smallest absolute Gasteiger partial charge is 0.356 e. The Hall–Kier alpha value is -2.69. The van der Waals surface area contributed by atoms with Gasteiger partial charge in [0.25, 0.3) is 5.91 Å². The molecule has 1 aromatic heterocycles. The number of amides is 1. The van der Waals surface area contributed by atoms with Crippen LogP contribution in [0.3, 0.4) is 0 Å². The van der Waals surface area contributed by atoms with Crippen molar-refractivity contribution in [3.8, 4) is 0 Å². The van der Waals surface area contributed by atoms with Crippen LogP contribution in [0.1, 0.15) is 56.4 Å². The number of esters is 1. The van der Waals surface area contributed by atoms with Gasteiger partial charge in [-0.15, -0.1) is 0 Å². The largest absolute Gasteiger partial charge is 0.464 e. The van der Waals surface area contributed by atoms with Gasteiger partial charge in [-0.05, 0) is 44.4 Å². The predicted molar refractivity (Wildman–Crippen MR) is 94.5 cm³/mol. The second-order valence-electron chi connectivity index (χ2n) is 6.50. The van der Waals surface area contributed by atoms with Gasteiger partial charge in [0.05, 0.1) is 13.2 Å². The minimum atomic E-state index is -0.540. The number of carbonyl (C=O) groups excluding carboxylic acids is 2. The van der Waals surface area contributed by atoms with E-state index in [4.69, 9.17) is 0 Å². The zero-order valence-corrected chi connectivity index (χ0v) is 14.8. The molecule has 0 spiro atoms. The van der Waals surface area contributed by atoms with Crippen LogP contribution < -0.4 is 0 Å². The average Bonchev–Trinajstić information content (AvgIpc) is 3.09. The number of benzene rings is 1. The molecule has 1 aliphatic heterocycles. The Bertz CT molecular complexity index is 796.